The molecule has 11 nitrogen and oxygen atoms in total. The molecule has 0 aliphatic carbocycles. The first kappa shape index (κ1) is 19.3. The lowest BCUT2D eigenvalue weighted by Gasteiger charge is -2.09. The van der Waals surface area contributed by atoms with E-state index in [2.05, 4.69) is 5.32 Å². The van der Waals surface area contributed by atoms with Crippen LogP contribution in [-0.2, 0) is 9.59 Å². The van der Waals surface area contributed by atoms with Crippen molar-refractivity contribution < 1.29 is 29.3 Å². The van der Waals surface area contributed by atoms with Crippen LogP contribution in [-0.4, -0.2) is 26.8 Å². The van der Waals surface area contributed by atoms with Crippen LogP contribution in [0, 0.1) is 20.2 Å². The molecule has 1 amide bonds. The highest BCUT2D eigenvalue weighted by Crippen LogP contribution is 2.34. The Morgan fingerprint density at radius 2 is 1.78 bits per heavy atom. The standard InChI is InChI=1S/C16H13N3O8/c20-15(6-7-16(21)22)17-10-2-1-3-12(8-10)27-14-5-4-11(18(23)24)9-13(14)19(25)26/h1-5,8-9H,6-7H2,(H,17,20)(H,21,22). The van der Waals surface area contributed by atoms with Crippen molar-refractivity contribution in [1.82, 2.24) is 0 Å². The molecule has 27 heavy (non-hydrogen) atoms. The lowest BCUT2D eigenvalue weighted by Crippen LogP contribution is -2.13. The summed E-state index contributed by atoms with van der Waals surface area (Å²) >= 11 is 0. The van der Waals surface area contributed by atoms with Crippen LogP contribution in [0.5, 0.6) is 11.5 Å². The number of carbonyl (C=O) groups is 2. The zero-order valence-corrected chi connectivity index (χ0v) is 13.7. The molecule has 140 valence electrons. The maximum absolute atomic E-state index is 11.7. The minimum absolute atomic E-state index is 0.142. The van der Waals surface area contributed by atoms with Crippen molar-refractivity contribution >= 4 is 28.9 Å². The van der Waals surface area contributed by atoms with Crippen LogP contribution in [0.4, 0.5) is 17.1 Å². The Balaban J connectivity index is 2.18. The minimum atomic E-state index is -1.10. The monoisotopic (exact) mass is 375 g/mol. The van der Waals surface area contributed by atoms with Crippen molar-refractivity contribution in [2.45, 2.75) is 12.8 Å². The fraction of sp³-hybridized carbons (Fsp3) is 0.125. The van der Waals surface area contributed by atoms with Gasteiger partial charge >= 0.3 is 11.7 Å². The van der Waals surface area contributed by atoms with E-state index in [1.54, 1.807) is 0 Å². The van der Waals surface area contributed by atoms with E-state index in [9.17, 15) is 29.8 Å². The van der Waals surface area contributed by atoms with Gasteiger partial charge < -0.3 is 15.2 Å². The van der Waals surface area contributed by atoms with Gasteiger partial charge in [-0.2, -0.15) is 0 Å². The van der Waals surface area contributed by atoms with E-state index in [0.29, 0.717) is 5.69 Å². The Bertz CT molecular complexity index is 912. The Morgan fingerprint density at radius 1 is 1.04 bits per heavy atom. The fourth-order valence-electron chi connectivity index (χ4n) is 2.06. The Labute approximate surface area is 151 Å². The summed E-state index contributed by atoms with van der Waals surface area (Å²) in [6, 6.07) is 8.85. The highest BCUT2D eigenvalue weighted by atomic mass is 16.6. The van der Waals surface area contributed by atoms with Crippen LogP contribution >= 0.6 is 0 Å². The molecule has 0 unspecified atom stereocenters. The topological polar surface area (TPSA) is 162 Å². The average molecular weight is 375 g/mol. The summed E-state index contributed by atoms with van der Waals surface area (Å²) in [4.78, 5) is 42.4. The molecule has 0 bridgehead atoms. The molecule has 0 aliphatic heterocycles. The van der Waals surface area contributed by atoms with Crippen LogP contribution in [0.3, 0.4) is 0 Å². The molecular formula is C16H13N3O8. The maximum atomic E-state index is 11.7. The third-order valence-electron chi connectivity index (χ3n) is 3.26. The van der Waals surface area contributed by atoms with E-state index < -0.39 is 33.1 Å². The second kappa shape index (κ2) is 8.38. The number of nitrogens with zero attached hydrogens (tertiary/aromatic N) is 2. The highest BCUT2D eigenvalue weighted by Gasteiger charge is 2.21. The van der Waals surface area contributed by atoms with Crippen LogP contribution in [0.2, 0.25) is 0 Å². The lowest BCUT2D eigenvalue weighted by molar-refractivity contribution is -0.394. The first-order valence-electron chi connectivity index (χ1n) is 7.48. The number of hydrogen-bond acceptors (Lipinski definition) is 7. The number of carbonyl (C=O) groups excluding carboxylic acids is 1. The molecule has 0 aliphatic rings. The van der Waals surface area contributed by atoms with Crippen LogP contribution in [0.25, 0.3) is 0 Å². The molecule has 0 heterocycles. The van der Waals surface area contributed by atoms with Crippen LogP contribution < -0.4 is 10.1 Å². The lowest BCUT2D eigenvalue weighted by atomic mass is 10.2. The van der Waals surface area contributed by atoms with E-state index in [0.717, 1.165) is 18.2 Å². The van der Waals surface area contributed by atoms with Crippen molar-refractivity contribution in [3.8, 4) is 11.5 Å². The van der Waals surface area contributed by atoms with Gasteiger partial charge in [0.05, 0.1) is 22.3 Å². The molecule has 0 aromatic heterocycles. The summed E-state index contributed by atoms with van der Waals surface area (Å²) in [6.07, 6.45) is -0.536. The molecule has 0 spiro atoms. The first-order chi connectivity index (χ1) is 12.8. The van der Waals surface area contributed by atoms with Gasteiger partial charge in [-0.05, 0) is 18.2 Å². The quantitative estimate of drug-likeness (QED) is 0.525. The third-order valence-corrected chi connectivity index (χ3v) is 3.26. The number of ether oxygens (including phenoxy) is 1. The molecule has 0 saturated heterocycles. The van der Waals surface area contributed by atoms with Gasteiger partial charge in [-0.3, -0.25) is 29.8 Å². The number of aliphatic carboxylic acids is 1. The fourth-order valence-corrected chi connectivity index (χ4v) is 2.06. The van der Waals surface area contributed by atoms with Crippen LogP contribution in [0.15, 0.2) is 42.5 Å². The summed E-state index contributed by atoms with van der Waals surface area (Å²) in [7, 11) is 0. The maximum Gasteiger partial charge on any atom is 0.318 e. The highest BCUT2D eigenvalue weighted by molar-refractivity contribution is 5.92. The smallest absolute Gasteiger partial charge is 0.318 e. The Morgan fingerprint density at radius 3 is 2.41 bits per heavy atom. The molecule has 0 fully saturated rings. The van der Waals surface area contributed by atoms with E-state index in [1.807, 2.05) is 0 Å². The number of amides is 1. The molecule has 11 heteroatoms. The van der Waals surface area contributed by atoms with Gasteiger partial charge in [0.25, 0.3) is 5.69 Å². The Kier molecular flexibility index (Phi) is 5.99. The zero-order valence-electron chi connectivity index (χ0n) is 13.7. The summed E-state index contributed by atoms with van der Waals surface area (Å²) < 4.78 is 5.42. The predicted octanol–water partition coefficient (Wildman–Crippen LogP) is 3.10. The molecule has 2 rings (SSSR count). The number of anilines is 1. The number of nitro benzene ring substituents is 2. The van der Waals surface area contributed by atoms with Crippen molar-refractivity contribution in [1.29, 1.82) is 0 Å². The number of nitro groups is 2. The van der Waals surface area contributed by atoms with Crippen molar-refractivity contribution in [2.75, 3.05) is 5.32 Å². The van der Waals surface area contributed by atoms with Crippen molar-refractivity contribution in [2.24, 2.45) is 0 Å². The van der Waals surface area contributed by atoms with E-state index in [-0.39, 0.29) is 24.3 Å². The third kappa shape index (κ3) is 5.49. The SMILES string of the molecule is O=C(O)CCC(=O)Nc1cccc(Oc2ccc([N+](=O)[O-])cc2[N+](=O)[O-])c1. The summed E-state index contributed by atoms with van der Waals surface area (Å²) in [5, 5.41) is 32.9. The van der Waals surface area contributed by atoms with Gasteiger partial charge in [0.15, 0.2) is 0 Å². The van der Waals surface area contributed by atoms with E-state index in [1.165, 1.54) is 24.3 Å². The predicted molar refractivity (Wildman–Crippen MR) is 91.8 cm³/mol. The van der Waals surface area contributed by atoms with Crippen molar-refractivity contribution in [3.63, 3.8) is 0 Å². The summed E-state index contributed by atoms with van der Waals surface area (Å²) in [6.45, 7) is 0. The second-order valence-corrected chi connectivity index (χ2v) is 5.24. The molecule has 0 atom stereocenters. The molecule has 0 radical (unpaired) electrons. The average Bonchev–Trinajstić information content (AvgIpc) is 2.60. The van der Waals surface area contributed by atoms with Gasteiger partial charge in [0.1, 0.15) is 5.75 Å². The molecule has 0 saturated carbocycles. The van der Waals surface area contributed by atoms with Gasteiger partial charge in [-0.1, -0.05) is 6.07 Å². The first-order valence-corrected chi connectivity index (χ1v) is 7.48. The molecule has 2 aromatic carbocycles. The van der Waals surface area contributed by atoms with Gasteiger partial charge in [0, 0.05) is 24.2 Å². The number of rotatable bonds is 8. The minimum Gasteiger partial charge on any atom is -0.481 e. The number of benzene rings is 2. The van der Waals surface area contributed by atoms with E-state index >= 15 is 0 Å². The van der Waals surface area contributed by atoms with Crippen molar-refractivity contribution in [3.05, 3.63) is 62.7 Å². The normalized spacial score (nSPS) is 10.1. The zero-order chi connectivity index (χ0) is 20.0. The van der Waals surface area contributed by atoms with Gasteiger partial charge in [0.2, 0.25) is 11.7 Å². The number of non-ortho nitro benzene ring substituents is 1. The van der Waals surface area contributed by atoms with Gasteiger partial charge in [-0.25, -0.2) is 0 Å². The molecule has 2 aromatic rings. The largest absolute Gasteiger partial charge is 0.481 e. The number of carboxylic acid groups (broad SMARTS) is 1. The van der Waals surface area contributed by atoms with E-state index in [4.69, 9.17) is 9.84 Å². The van der Waals surface area contributed by atoms with Gasteiger partial charge in [-0.15, -0.1) is 0 Å². The molecular weight excluding hydrogens is 362 g/mol. The Hall–Kier alpha value is -4.02. The summed E-state index contributed by atoms with van der Waals surface area (Å²) in [5.74, 6) is -1.69. The number of nitrogens with one attached hydrogen (secondary N) is 1. The van der Waals surface area contributed by atoms with Crippen LogP contribution in [0.1, 0.15) is 12.8 Å². The summed E-state index contributed by atoms with van der Waals surface area (Å²) in [5.41, 5.74) is -0.735. The number of hydrogen-bond donors (Lipinski definition) is 2. The number of carboxylic acids is 1. The molecule has 2 N–H and O–H groups in total. The second-order valence-electron chi connectivity index (χ2n) is 5.24.